The molecule has 0 saturated heterocycles. The Labute approximate surface area is 216 Å². The van der Waals surface area contributed by atoms with Gasteiger partial charge in [-0.1, -0.05) is 23.8 Å². The minimum atomic E-state index is -1.00. The second kappa shape index (κ2) is 11.6. The third-order valence-electron chi connectivity index (χ3n) is 6.71. The van der Waals surface area contributed by atoms with E-state index < -0.39 is 6.09 Å². The van der Waals surface area contributed by atoms with Crippen molar-refractivity contribution in [3.8, 4) is 11.6 Å². The van der Waals surface area contributed by atoms with Gasteiger partial charge in [-0.05, 0) is 75.6 Å². The zero-order valence-electron chi connectivity index (χ0n) is 20.6. The van der Waals surface area contributed by atoms with E-state index in [-0.39, 0.29) is 24.6 Å². The molecule has 1 aromatic heterocycles. The Morgan fingerprint density at radius 1 is 1.17 bits per heavy atom. The van der Waals surface area contributed by atoms with Crippen molar-refractivity contribution in [2.75, 3.05) is 7.11 Å². The molecule has 2 aromatic rings. The van der Waals surface area contributed by atoms with E-state index in [0.29, 0.717) is 41.5 Å². The number of nitrogens with zero attached hydrogens (tertiary/aromatic N) is 1. The number of rotatable bonds is 4. The number of halogens is 1. The smallest absolute Gasteiger partial charge is 0.404 e. The van der Waals surface area contributed by atoms with Crippen LogP contribution < -0.4 is 20.1 Å². The van der Waals surface area contributed by atoms with Crippen LogP contribution in [0.5, 0.6) is 11.6 Å². The molecule has 2 aliphatic rings. The molecule has 1 aliphatic carbocycles. The van der Waals surface area contributed by atoms with Crippen LogP contribution in [-0.4, -0.2) is 41.3 Å². The molecule has 192 valence electrons. The van der Waals surface area contributed by atoms with Gasteiger partial charge in [0.25, 0.3) is 5.91 Å². The molecule has 4 rings (SSSR count). The lowest BCUT2D eigenvalue weighted by molar-refractivity contribution is 0.0947. The van der Waals surface area contributed by atoms with Crippen LogP contribution in [0.15, 0.2) is 30.4 Å². The largest absolute Gasteiger partial charge is 0.490 e. The Balaban J connectivity index is 1.59. The summed E-state index contributed by atoms with van der Waals surface area (Å²) in [6, 6.07) is 5.42. The van der Waals surface area contributed by atoms with Gasteiger partial charge in [0.05, 0.1) is 13.2 Å². The molecular formula is C27H32ClN3O5. The SMILES string of the molecule is COc1nc(C)cc2c1CNC(=O)c1cc(Cl)cc(O[C@H]3CC[C@H](NC(=O)O)CC3)c1CC=CCC2. The van der Waals surface area contributed by atoms with Crippen LogP contribution in [0.25, 0.3) is 0 Å². The Morgan fingerprint density at radius 2 is 1.94 bits per heavy atom. The first-order valence-electron chi connectivity index (χ1n) is 12.3. The number of allylic oxidation sites excluding steroid dienone is 2. The molecule has 1 aliphatic heterocycles. The van der Waals surface area contributed by atoms with Crippen LogP contribution in [0.1, 0.15) is 64.8 Å². The summed E-state index contributed by atoms with van der Waals surface area (Å²) < 4.78 is 11.9. The average Bonchev–Trinajstić information content (AvgIpc) is 2.83. The minimum absolute atomic E-state index is 0.0610. The summed E-state index contributed by atoms with van der Waals surface area (Å²) in [4.78, 5) is 28.8. The number of aryl methyl sites for hydroxylation is 2. The van der Waals surface area contributed by atoms with Gasteiger partial charge in [0, 0.05) is 40.0 Å². The molecule has 1 fully saturated rings. The predicted molar refractivity (Wildman–Crippen MR) is 137 cm³/mol. The highest BCUT2D eigenvalue weighted by Gasteiger charge is 2.26. The molecule has 1 aromatic carbocycles. The molecular weight excluding hydrogens is 482 g/mol. The summed E-state index contributed by atoms with van der Waals surface area (Å²) in [5.41, 5.74) is 4.11. The van der Waals surface area contributed by atoms with Crippen molar-refractivity contribution in [1.29, 1.82) is 0 Å². The number of carbonyl (C=O) groups excluding carboxylic acids is 1. The molecule has 0 atom stereocenters. The maximum atomic E-state index is 13.4. The van der Waals surface area contributed by atoms with Crippen LogP contribution in [-0.2, 0) is 19.4 Å². The zero-order valence-corrected chi connectivity index (χ0v) is 21.4. The fraction of sp³-hybridized carbons (Fsp3) is 0.444. The number of aromatic nitrogens is 1. The quantitative estimate of drug-likeness (QED) is 0.497. The lowest BCUT2D eigenvalue weighted by Gasteiger charge is -2.29. The Hall–Kier alpha value is -3.26. The summed E-state index contributed by atoms with van der Waals surface area (Å²) in [5, 5.41) is 15.0. The van der Waals surface area contributed by atoms with Crippen LogP contribution in [0.3, 0.4) is 0 Å². The van der Waals surface area contributed by atoms with Crippen LogP contribution >= 0.6 is 11.6 Å². The molecule has 0 spiro atoms. The van der Waals surface area contributed by atoms with E-state index in [4.69, 9.17) is 26.2 Å². The van der Waals surface area contributed by atoms with E-state index >= 15 is 0 Å². The standard InChI is InChI=1S/C27H32ClN3O5/c1-16-12-17-6-4-3-5-7-21-22(25(32)29-15-23(17)26(30-16)35-2)13-18(28)14-24(21)36-20-10-8-19(9-11-20)31-27(33)34/h3,5,12-14,19-20,31H,4,6-11,15H2,1-2H3,(H,29,32)(H,33,34)/t19-,20-. The van der Waals surface area contributed by atoms with Crippen LogP contribution in [0.2, 0.25) is 5.02 Å². The van der Waals surface area contributed by atoms with Crippen LogP contribution in [0, 0.1) is 6.92 Å². The van der Waals surface area contributed by atoms with Gasteiger partial charge in [0.2, 0.25) is 5.88 Å². The van der Waals surface area contributed by atoms with Gasteiger partial charge in [-0.3, -0.25) is 4.79 Å². The molecule has 3 N–H and O–H groups in total. The number of pyridine rings is 1. The molecule has 9 heteroatoms. The number of ether oxygens (including phenoxy) is 2. The van der Waals surface area contributed by atoms with Gasteiger partial charge in [0.1, 0.15) is 5.75 Å². The second-order valence-corrected chi connectivity index (χ2v) is 9.71. The van der Waals surface area contributed by atoms with Crippen molar-refractivity contribution in [2.45, 2.75) is 70.6 Å². The van der Waals surface area contributed by atoms with E-state index in [0.717, 1.165) is 48.1 Å². The third-order valence-corrected chi connectivity index (χ3v) is 6.93. The Kier molecular flexibility index (Phi) is 8.36. The fourth-order valence-electron chi connectivity index (χ4n) is 4.95. The number of hydrogen-bond acceptors (Lipinski definition) is 5. The van der Waals surface area contributed by atoms with E-state index in [1.807, 2.05) is 13.0 Å². The normalized spacial score (nSPS) is 20.1. The monoisotopic (exact) mass is 513 g/mol. The molecule has 2 amide bonds. The summed E-state index contributed by atoms with van der Waals surface area (Å²) in [6.07, 6.45) is 8.15. The van der Waals surface area contributed by atoms with Crippen molar-refractivity contribution in [2.24, 2.45) is 0 Å². The number of nitrogens with one attached hydrogen (secondary N) is 2. The number of fused-ring (bicyclic) bond motifs is 2. The van der Waals surface area contributed by atoms with Gasteiger partial charge in [-0.2, -0.15) is 0 Å². The lowest BCUT2D eigenvalue weighted by atomic mass is 9.92. The van der Waals surface area contributed by atoms with Gasteiger partial charge in [0.15, 0.2) is 0 Å². The van der Waals surface area contributed by atoms with Crippen molar-refractivity contribution >= 4 is 23.6 Å². The summed E-state index contributed by atoms with van der Waals surface area (Å²) in [5.74, 6) is 0.878. The lowest BCUT2D eigenvalue weighted by Crippen LogP contribution is -2.39. The molecule has 36 heavy (non-hydrogen) atoms. The minimum Gasteiger partial charge on any atom is -0.490 e. The summed E-state index contributed by atoms with van der Waals surface area (Å²) in [7, 11) is 1.59. The second-order valence-electron chi connectivity index (χ2n) is 9.28. The topological polar surface area (TPSA) is 110 Å². The summed E-state index contributed by atoms with van der Waals surface area (Å²) in [6.45, 7) is 2.22. The highest BCUT2D eigenvalue weighted by atomic mass is 35.5. The molecule has 2 heterocycles. The van der Waals surface area contributed by atoms with Gasteiger partial charge >= 0.3 is 6.09 Å². The first-order chi connectivity index (χ1) is 17.3. The number of carboxylic acid groups (broad SMARTS) is 1. The highest BCUT2D eigenvalue weighted by molar-refractivity contribution is 6.31. The number of carbonyl (C=O) groups is 2. The first kappa shape index (κ1) is 25.8. The average molecular weight is 514 g/mol. The van der Waals surface area contributed by atoms with Crippen molar-refractivity contribution in [3.05, 3.63) is 63.3 Å². The Bertz CT molecular complexity index is 1160. The van der Waals surface area contributed by atoms with E-state index in [1.165, 1.54) is 0 Å². The zero-order chi connectivity index (χ0) is 25.7. The van der Waals surface area contributed by atoms with E-state index in [1.54, 1.807) is 19.2 Å². The maximum Gasteiger partial charge on any atom is 0.404 e. The number of hydrogen-bond donors (Lipinski definition) is 3. The van der Waals surface area contributed by atoms with Crippen molar-refractivity contribution in [1.82, 2.24) is 15.6 Å². The number of amides is 2. The molecule has 8 nitrogen and oxygen atoms in total. The maximum absolute atomic E-state index is 13.4. The molecule has 0 unspecified atom stereocenters. The van der Waals surface area contributed by atoms with Crippen molar-refractivity contribution in [3.63, 3.8) is 0 Å². The fourth-order valence-corrected chi connectivity index (χ4v) is 5.16. The summed E-state index contributed by atoms with van der Waals surface area (Å²) >= 11 is 6.43. The number of methoxy groups -OCH3 is 1. The molecule has 0 bridgehead atoms. The molecule has 0 radical (unpaired) electrons. The van der Waals surface area contributed by atoms with Gasteiger partial charge < -0.3 is 25.2 Å². The van der Waals surface area contributed by atoms with Crippen LogP contribution in [0.4, 0.5) is 4.79 Å². The first-order valence-corrected chi connectivity index (χ1v) is 12.7. The predicted octanol–water partition coefficient (Wildman–Crippen LogP) is 4.98. The highest BCUT2D eigenvalue weighted by Crippen LogP contribution is 2.33. The number of benzene rings is 1. The van der Waals surface area contributed by atoms with Gasteiger partial charge in [-0.15, -0.1) is 0 Å². The van der Waals surface area contributed by atoms with E-state index in [9.17, 15) is 9.59 Å². The van der Waals surface area contributed by atoms with Crippen molar-refractivity contribution < 1.29 is 24.2 Å². The van der Waals surface area contributed by atoms with E-state index in [2.05, 4.69) is 27.8 Å². The van der Waals surface area contributed by atoms with Gasteiger partial charge in [-0.25, -0.2) is 9.78 Å². The molecule has 1 saturated carbocycles. The third kappa shape index (κ3) is 6.29. The Morgan fingerprint density at radius 3 is 2.67 bits per heavy atom.